The number of carbonyl (C=O) groups is 1. The fourth-order valence-electron chi connectivity index (χ4n) is 2.04. The third-order valence-electron chi connectivity index (χ3n) is 3.48. The maximum absolute atomic E-state index is 13.6. The minimum Gasteiger partial charge on any atom is -0.345 e. The topological polar surface area (TPSA) is 55.1 Å². The van der Waals surface area contributed by atoms with Crippen molar-refractivity contribution in [2.45, 2.75) is 25.3 Å². The summed E-state index contributed by atoms with van der Waals surface area (Å²) in [5, 5.41) is 3.11. The Morgan fingerprint density at radius 1 is 1.58 bits per heavy atom. The van der Waals surface area contributed by atoms with Crippen LogP contribution in [0.2, 0.25) is 5.02 Å². The van der Waals surface area contributed by atoms with Crippen molar-refractivity contribution in [1.29, 1.82) is 0 Å². The molecule has 2 rings (SSSR count). The summed E-state index contributed by atoms with van der Waals surface area (Å²) in [7, 11) is 0. The number of carbonyl (C=O) groups excluding carboxylic acids is 1. The summed E-state index contributed by atoms with van der Waals surface area (Å²) < 4.78 is 13.6. The summed E-state index contributed by atoms with van der Waals surface area (Å²) in [6.45, 7) is 2.25. The van der Waals surface area contributed by atoms with Crippen molar-refractivity contribution in [3.8, 4) is 0 Å². The second-order valence-corrected chi connectivity index (χ2v) is 5.41. The van der Waals surface area contributed by atoms with Crippen molar-refractivity contribution in [2.24, 2.45) is 11.7 Å². The van der Waals surface area contributed by atoms with E-state index in [2.05, 4.69) is 5.32 Å². The van der Waals surface area contributed by atoms with Crippen LogP contribution in [0.3, 0.4) is 0 Å². The largest absolute Gasteiger partial charge is 0.345 e. The molecule has 0 radical (unpaired) electrons. The van der Waals surface area contributed by atoms with Gasteiger partial charge in [0.2, 0.25) is 0 Å². The summed E-state index contributed by atoms with van der Waals surface area (Å²) >= 11 is 5.65. The van der Waals surface area contributed by atoms with E-state index in [1.54, 1.807) is 0 Å². The standard InChI is InChI=1S/C13H16ClFN2O.ClH/c1-13(7-16,8-2-3-8)17-12(18)10-5-4-9(14)6-11(10)15;/h4-6,8H,2-3,7,16H2,1H3,(H,17,18);1H. The molecular weight excluding hydrogens is 290 g/mol. The van der Waals surface area contributed by atoms with Gasteiger partial charge in [-0.25, -0.2) is 4.39 Å². The zero-order valence-electron chi connectivity index (χ0n) is 10.6. The highest BCUT2D eigenvalue weighted by Crippen LogP contribution is 2.39. The van der Waals surface area contributed by atoms with Crippen LogP contribution in [0.15, 0.2) is 18.2 Å². The van der Waals surface area contributed by atoms with Gasteiger partial charge in [-0.05, 0) is 43.9 Å². The maximum Gasteiger partial charge on any atom is 0.254 e. The average molecular weight is 307 g/mol. The van der Waals surface area contributed by atoms with Gasteiger partial charge in [0.1, 0.15) is 5.82 Å². The van der Waals surface area contributed by atoms with Crippen LogP contribution in [-0.2, 0) is 0 Å². The van der Waals surface area contributed by atoms with Crippen LogP contribution in [0.5, 0.6) is 0 Å². The van der Waals surface area contributed by atoms with E-state index >= 15 is 0 Å². The van der Waals surface area contributed by atoms with Crippen LogP contribution in [0.1, 0.15) is 30.1 Å². The lowest BCUT2D eigenvalue weighted by atomic mass is 9.95. The van der Waals surface area contributed by atoms with Gasteiger partial charge in [0.25, 0.3) is 5.91 Å². The van der Waals surface area contributed by atoms with E-state index in [-0.39, 0.29) is 23.0 Å². The molecule has 1 atom stereocenters. The van der Waals surface area contributed by atoms with Crippen LogP contribution in [-0.4, -0.2) is 18.0 Å². The SMILES string of the molecule is CC(CN)(NC(=O)c1ccc(Cl)cc1F)C1CC1.Cl. The predicted molar refractivity (Wildman–Crippen MR) is 76.3 cm³/mol. The van der Waals surface area contributed by atoms with Crippen LogP contribution in [0.4, 0.5) is 4.39 Å². The molecule has 0 saturated heterocycles. The molecule has 3 N–H and O–H groups in total. The highest BCUT2D eigenvalue weighted by atomic mass is 35.5. The molecule has 19 heavy (non-hydrogen) atoms. The van der Waals surface area contributed by atoms with Gasteiger partial charge in [0.05, 0.1) is 11.1 Å². The molecule has 0 spiro atoms. The lowest BCUT2D eigenvalue weighted by molar-refractivity contribution is 0.0893. The summed E-state index contributed by atoms with van der Waals surface area (Å²) in [6.07, 6.45) is 2.11. The molecule has 1 amide bonds. The van der Waals surface area contributed by atoms with Gasteiger partial charge in [0, 0.05) is 11.6 Å². The van der Waals surface area contributed by atoms with Crippen molar-refractivity contribution < 1.29 is 9.18 Å². The average Bonchev–Trinajstić information content (AvgIpc) is 3.12. The molecule has 0 aliphatic heterocycles. The Morgan fingerprint density at radius 3 is 2.68 bits per heavy atom. The number of nitrogens with one attached hydrogen (secondary N) is 1. The highest BCUT2D eigenvalue weighted by Gasteiger charge is 2.41. The minimum absolute atomic E-state index is 0. The zero-order chi connectivity index (χ0) is 13.3. The second-order valence-electron chi connectivity index (χ2n) is 4.97. The van der Waals surface area contributed by atoms with E-state index in [1.165, 1.54) is 12.1 Å². The maximum atomic E-state index is 13.6. The first kappa shape index (κ1) is 16.2. The molecule has 1 aromatic carbocycles. The Kier molecular flexibility index (Phi) is 5.18. The van der Waals surface area contributed by atoms with Crippen LogP contribution in [0.25, 0.3) is 0 Å². The molecule has 0 bridgehead atoms. The number of halogens is 3. The Balaban J connectivity index is 0.00000180. The molecule has 0 aromatic heterocycles. The number of benzene rings is 1. The monoisotopic (exact) mass is 306 g/mol. The van der Waals surface area contributed by atoms with Gasteiger partial charge in [-0.2, -0.15) is 0 Å². The zero-order valence-corrected chi connectivity index (χ0v) is 12.2. The molecule has 6 heteroatoms. The molecule has 1 aromatic rings. The van der Waals surface area contributed by atoms with E-state index < -0.39 is 17.3 Å². The van der Waals surface area contributed by atoms with Gasteiger partial charge in [-0.15, -0.1) is 12.4 Å². The normalized spacial score (nSPS) is 17.3. The first-order valence-electron chi connectivity index (χ1n) is 5.94. The van der Waals surface area contributed by atoms with Crippen LogP contribution >= 0.6 is 24.0 Å². The van der Waals surface area contributed by atoms with E-state index in [0.29, 0.717) is 12.5 Å². The molecule has 1 aliphatic rings. The molecule has 1 fully saturated rings. The van der Waals surface area contributed by atoms with Crippen molar-refractivity contribution in [2.75, 3.05) is 6.54 Å². The van der Waals surface area contributed by atoms with Gasteiger partial charge in [-0.1, -0.05) is 11.6 Å². The Hall–Kier alpha value is -0.840. The van der Waals surface area contributed by atoms with E-state index in [0.717, 1.165) is 18.9 Å². The number of hydrogen-bond donors (Lipinski definition) is 2. The number of nitrogens with two attached hydrogens (primary N) is 1. The summed E-state index contributed by atoms with van der Waals surface area (Å²) in [5.41, 5.74) is 5.25. The third-order valence-corrected chi connectivity index (χ3v) is 3.71. The molecule has 106 valence electrons. The van der Waals surface area contributed by atoms with Crippen molar-refractivity contribution >= 4 is 29.9 Å². The number of hydrogen-bond acceptors (Lipinski definition) is 2. The quantitative estimate of drug-likeness (QED) is 0.898. The summed E-state index contributed by atoms with van der Waals surface area (Å²) in [5.74, 6) is -0.666. The van der Waals surface area contributed by atoms with E-state index in [4.69, 9.17) is 17.3 Å². The number of amides is 1. The molecule has 3 nitrogen and oxygen atoms in total. The predicted octanol–water partition coefficient (Wildman–Crippen LogP) is 2.76. The summed E-state index contributed by atoms with van der Waals surface area (Å²) in [6, 6.07) is 4.01. The first-order valence-corrected chi connectivity index (χ1v) is 6.32. The van der Waals surface area contributed by atoms with Crippen molar-refractivity contribution in [3.05, 3.63) is 34.6 Å². The van der Waals surface area contributed by atoms with Gasteiger partial charge >= 0.3 is 0 Å². The van der Waals surface area contributed by atoms with Gasteiger partial charge in [-0.3, -0.25) is 4.79 Å². The molecule has 1 saturated carbocycles. The summed E-state index contributed by atoms with van der Waals surface area (Å²) in [4.78, 5) is 12.0. The minimum atomic E-state index is -0.616. The fraction of sp³-hybridized carbons (Fsp3) is 0.462. The van der Waals surface area contributed by atoms with Crippen LogP contribution < -0.4 is 11.1 Å². The Morgan fingerprint density at radius 2 is 2.21 bits per heavy atom. The van der Waals surface area contributed by atoms with E-state index in [1.807, 2.05) is 6.92 Å². The first-order chi connectivity index (χ1) is 8.46. The molecule has 1 unspecified atom stereocenters. The van der Waals surface area contributed by atoms with Crippen molar-refractivity contribution in [1.82, 2.24) is 5.32 Å². The van der Waals surface area contributed by atoms with Crippen molar-refractivity contribution in [3.63, 3.8) is 0 Å². The number of rotatable bonds is 4. The van der Waals surface area contributed by atoms with Gasteiger partial charge in [0.15, 0.2) is 0 Å². The fourth-order valence-corrected chi connectivity index (χ4v) is 2.20. The smallest absolute Gasteiger partial charge is 0.254 e. The Bertz CT molecular complexity index is 480. The van der Waals surface area contributed by atoms with E-state index in [9.17, 15) is 9.18 Å². The van der Waals surface area contributed by atoms with Gasteiger partial charge < -0.3 is 11.1 Å². The highest BCUT2D eigenvalue weighted by molar-refractivity contribution is 6.30. The molecule has 0 heterocycles. The molecule has 1 aliphatic carbocycles. The molecular formula is C13H17Cl2FN2O. The second kappa shape index (κ2) is 6.07. The Labute approximate surface area is 123 Å². The lowest BCUT2D eigenvalue weighted by Crippen LogP contribution is -2.53. The van der Waals surface area contributed by atoms with Crippen LogP contribution in [0, 0.1) is 11.7 Å². The lowest BCUT2D eigenvalue weighted by Gasteiger charge is -2.29. The third kappa shape index (κ3) is 3.59.